The van der Waals surface area contributed by atoms with E-state index in [4.69, 9.17) is 35.0 Å². The summed E-state index contributed by atoms with van der Waals surface area (Å²) in [4.78, 5) is 34.2. The van der Waals surface area contributed by atoms with E-state index in [-0.39, 0.29) is 5.56 Å². The molecule has 0 saturated carbocycles. The summed E-state index contributed by atoms with van der Waals surface area (Å²) in [5.41, 5.74) is -1.76. The largest absolute Gasteiger partial charge is 0.290 e. The van der Waals surface area contributed by atoms with Gasteiger partial charge in [0.05, 0.1) is 4.92 Å². The van der Waals surface area contributed by atoms with E-state index in [9.17, 15) is 19.7 Å². The van der Waals surface area contributed by atoms with Crippen molar-refractivity contribution in [1.29, 1.82) is 0 Å². The molecule has 0 saturated heterocycles. The number of halogens is 3. The molecule has 0 fully saturated rings. The van der Waals surface area contributed by atoms with Crippen LogP contribution in [0.4, 0.5) is 5.69 Å². The Labute approximate surface area is 121 Å². The van der Waals surface area contributed by atoms with Crippen molar-refractivity contribution in [3.05, 3.63) is 39.4 Å². The van der Waals surface area contributed by atoms with E-state index in [0.717, 1.165) is 6.07 Å². The minimum atomic E-state index is -2.34. The molecule has 0 aromatic heterocycles. The third kappa shape index (κ3) is 1.92. The Morgan fingerprint density at radius 2 is 1.89 bits per heavy atom. The van der Waals surface area contributed by atoms with Crippen LogP contribution >= 0.6 is 35.0 Å². The van der Waals surface area contributed by atoms with Gasteiger partial charge in [-0.3, -0.25) is 19.7 Å². The number of hydrogen-bond acceptors (Lipinski definition) is 5. The zero-order valence-electron chi connectivity index (χ0n) is 8.89. The van der Waals surface area contributed by atoms with E-state index < -0.39 is 37.8 Å². The summed E-state index contributed by atoms with van der Waals surface area (Å²) in [5, 5.41) is 10.9. The van der Waals surface area contributed by atoms with Gasteiger partial charge < -0.3 is 0 Å². The fourth-order valence-corrected chi connectivity index (χ4v) is 2.48. The molecular weight excluding hydrogens is 318 g/mol. The van der Waals surface area contributed by atoms with Crippen molar-refractivity contribution in [3.63, 3.8) is 0 Å². The number of carbonyl (C=O) groups excluding carboxylic acids is 2. The van der Waals surface area contributed by atoms with E-state index >= 15 is 0 Å². The number of fused-ring (bicyclic) bond motifs is 1. The Morgan fingerprint density at radius 1 is 1.26 bits per heavy atom. The molecule has 1 aliphatic carbocycles. The number of benzene rings is 1. The standard InChI is InChI=1S/C10H3Cl3N2O4/c11-10(12)8(14-13)7(16)4-2-1-3-5(15(18)19)6(4)9(10)17/h1-3H/b14-8+. The number of ketones is 2. The molecule has 0 aliphatic heterocycles. The maximum Gasteiger partial charge on any atom is 0.281 e. The molecule has 0 heterocycles. The van der Waals surface area contributed by atoms with Crippen LogP contribution in [0.15, 0.2) is 22.7 Å². The molecule has 6 nitrogen and oxygen atoms in total. The molecule has 0 bridgehead atoms. The van der Waals surface area contributed by atoms with Gasteiger partial charge >= 0.3 is 0 Å². The molecule has 0 radical (unpaired) electrons. The van der Waals surface area contributed by atoms with Crippen LogP contribution in [0.5, 0.6) is 0 Å². The molecule has 19 heavy (non-hydrogen) atoms. The van der Waals surface area contributed by atoms with Crippen LogP contribution in [-0.2, 0) is 0 Å². The molecule has 0 N–H and O–H groups in total. The van der Waals surface area contributed by atoms with E-state index in [1.807, 2.05) is 0 Å². The van der Waals surface area contributed by atoms with Crippen molar-refractivity contribution in [2.45, 2.75) is 4.33 Å². The van der Waals surface area contributed by atoms with E-state index in [0.29, 0.717) is 0 Å². The highest BCUT2D eigenvalue weighted by atomic mass is 35.5. The first-order valence-corrected chi connectivity index (χ1v) is 5.86. The quantitative estimate of drug-likeness (QED) is 0.452. The number of carbonyl (C=O) groups is 2. The smallest absolute Gasteiger partial charge is 0.281 e. The van der Waals surface area contributed by atoms with Crippen molar-refractivity contribution in [2.24, 2.45) is 4.51 Å². The summed E-state index contributed by atoms with van der Waals surface area (Å²) in [5.74, 6) is -1.82. The van der Waals surface area contributed by atoms with Crippen LogP contribution in [0.2, 0.25) is 0 Å². The molecule has 2 rings (SSSR count). The Balaban J connectivity index is 2.85. The third-order valence-electron chi connectivity index (χ3n) is 2.59. The average molecular weight is 322 g/mol. The van der Waals surface area contributed by atoms with Crippen LogP contribution in [0.3, 0.4) is 0 Å². The maximum absolute atomic E-state index is 12.1. The van der Waals surface area contributed by atoms with Crippen molar-refractivity contribution in [3.8, 4) is 0 Å². The number of nitro benzene ring substituents is 1. The average Bonchev–Trinajstić information content (AvgIpc) is 2.35. The highest BCUT2D eigenvalue weighted by Gasteiger charge is 2.52. The van der Waals surface area contributed by atoms with Gasteiger partial charge in [-0.1, -0.05) is 29.3 Å². The van der Waals surface area contributed by atoms with E-state index in [1.54, 1.807) is 0 Å². The summed E-state index contributed by atoms with van der Waals surface area (Å²) < 4.78 is 0.755. The molecule has 9 heteroatoms. The van der Waals surface area contributed by atoms with Gasteiger partial charge in [0.2, 0.25) is 15.9 Å². The number of rotatable bonds is 1. The van der Waals surface area contributed by atoms with Crippen LogP contribution < -0.4 is 0 Å². The van der Waals surface area contributed by atoms with E-state index in [1.165, 1.54) is 12.1 Å². The SMILES string of the molecule is O=C1/C(=N\Cl)C(Cl)(Cl)C(=O)c2c1cccc2[N+](=O)[O-]. The zero-order chi connectivity index (χ0) is 14.4. The summed E-state index contributed by atoms with van der Waals surface area (Å²) in [6.45, 7) is 0. The van der Waals surface area contributed by atoms with Gasteiger partial charge in [0, 0.05) is 23.4 Å². The van der Waals surface area contributed by atoms with Gasteiger partial charge in [-0.05, 0) is 6.07 Å². The summed E-state index contributed by atoms with van der Waals surface area (Å²) in [6, 6.07) is 3.59. The first-order valence-electron chi connectivity index (χ1n) is 4.76. The lowest BCUT2D eigenvalue weighted by Crippen LogP contribution is -2.45. The maximum atomic E-state index is 12.1. The van der Waals surface area contributed by atoms with Gasteiger partial charge in [-0.2, -0.15) is 4.51 Å². The summed E-state index contributed by atoms with van der Waals surface area (Å²) in [6.07, 6.45) is 0. The highest BCUT2D eigenvalue weighted by Crippen LogP contribution is 2.39. The second kappa shape index (κ2) is 4.56. The van der Waals surface area contributed by atoms with Gasteiger partial charge in [-0.15, -0.1) is 0 Å². The molecule has 0 spiro atoms. The minimum Gasteiger partial charge on any atom is -0.290 e. The van der Waals surface area contributed by atoms with Gasteiger partial charge in [-0.25, -0.2) is 0 Å². The Morgan fingerprint density at radius 3 is 2.42 bits per heavy atom. The third-order valence-corrected chi connectivity index (χ3v) is 3.46. The lowest BCUT2D eigenvalue weighted by atomic mass is 9.86. The summed E-state index contributed by atoms with van der Waals surface area (Å²) >= 11 is 16.7. The summed E-state index contributed by atoms with van der Waals surface area (Å²) in [7, 11) is 0. The fraction of sp³-hybridized carbons (Fsp3) is 0.100. The Bertz CT molecular complexity index is 654. The molecule has 0 amide bonds. The molecule has 1 aromatic rings. The number of alkyl halides is 2. The first kappa shape index (κ1) is 13.9. The molecule has 0 atom stereocenters. The second-order valence-electron chi connectivity index (χ2n) is 3.62. The molecule has 1 aromatic carbocycles. The molecule has 0 unspecified atom stereocenters. The van der Waals surface area contributed by atoms with Gasteiger partial charge in [0.1, 0.15) is 11.3 Å². The number of nitrogens with zero attached hydrogens (tertiary/aromatic N) is 2. The van der Waals surface area contributed by atoms with Crippen LogP contribution in [-0.4, -0.2) is 26.5 Å². The van der Waals surface area contributed by atoms with Crippen LogP contribution in [0.25, 0.3) is 0 Å². The highest BCUT2D eigenvalue weighted by molar-refractivity contribution is 6.81. The lowest BCUT2D eigenvalue weighted by molar-refractivity contribution is -0.385. The topological polar surface area (TPSA) is 89.6 Å². The van der Waals surface area contributed by atoms with Crippen molar-refractivity contribution in [2.75, 3.05) is 0 Å². The van der Waals surface area contributed by atoms with E-state index in [2.05, 4.69) is 4.51 Å². The zero-order valence-corrected chi connectivity index (χ0v) is 11.2. The van der Waals surface area contributed by atoms with Gasteiger partial charge in [0.15, 0.2) is 0 Å². The molecule has 98 valence electrons. The number of nitro groups is 1. The van der Waals surface area contributed by atoms with Crippen LogP contribution in [0, 0.1) is 10.1 Å². The monoisotopic (exact) mass is 320 g/mol. The normalized spacial score (nSPS) is 19.4. The predicted octanol–water partition coefficient (Wildman–Crippen LogP) is 2.74. The van der Waals surface area contributed by atoms with Crippen molar-refractivity contribution in [1.82, 2.24) is 0 Å². The fourth-order valence-electron chi connectivity index (χ4n) is 1.75. The Kier molecular flexibility index (Phi) is 3.34. The number of Topliss-reactive ketones (excluding diaryl/α,β-unsaturated/α-hetero) is 2. The minimum absolute atomic E-state index is 0.199. The first-order chi connectivity index (χ1) is 8.82. The molecular formula is C10H3Cl3N2O4. The lowest BCUT2D eigenvalue weighted by Gasteiger charge is -2.24. The molecule has 1 aliphatic rings. The number of hydrogen-bond donors (Lipinski definition) is 0. The van der Waals surface area contributed by atoms with Crippen LogP contribution in [0.1, 0.15) is 20.7 Å². The van der Waals surface area contributed by atoms with Gasteiger partial charge in [0.25, 0.3) is 5.69 Å². The van der Waals surface area contributed by atoms with Crippen molar-refractivity contribution >= 4 is 57.9 Å². The van der Waals surface area contributed by atoms with Crippen molar-refractivity contribution < 1.29 is 14.5 Å². The second-order valence-corrected chi connectivity index (χ2v) is 5.12. The Hall–Kier alpha value is -1.50. The predicted molar refractivity (Wildman–Crippen MR) is 69.5 cm³/mol.